The van der Waals surface area contributed by atoms with Crippen LogP contribution in [-0.4, -0.2) is 69.2 Å². The Hall–Kier alpha value is -1.14. The molecule has 0 aliphatic carbocycles. The molecule has 0 aromatic rings. The molecule has 1 fully saturated rings. The number of aliphatic hydroxyl groups is 2. The van der Waals surface area contributed by atoms with E-state index in [1.54, 1.807) is 27.7 Å². The Kier molecular flexibility index (Phi) is 4.02. The number of rotatable bonds is 4. The minimum atomic E-state index is -0.996. The first-order valence-electron chi connectivity index (χ1n) is 6.07. The van der Waals surface area contributed by atoms with Crippen molar-refractivity contribution in [3.05, 3.63) is 0 Å². The highest BCUT2D eigenvalue weighted by molar-refractivity contribution is 6.01. The molecule has 0 spiro atoms. The van der Waals surface area contributed by atoms with E-state index in [4.69, 9.17) is 10.2 Å². The fourth-order valence-corrected chi connectivity index (χ4v) is 2.36. The third kappa shape index (κ3) is 2.10. The predicted molar refractivity (Wildman–Crippen MR) is 65.8 cm³/mol. The Morgan fingerprint density at radius 2 is 1.11 bits per heavy atom. The Bertz CT molecular complexity index is 318. The number of nitrogens with zero attached hydrogens (tertiary/aromatic N) is 2. The van der Waals surface area contributed by atoms with Crippen LogP contribution in [-0.2, 0) is 9.59 Å². The standard InChI is InChI=1S/C12H22N2O4/c1-11(2)9(17)14(6-8-16)12(3,4)10(18)13(11)5-7-15/h15-16H,5-8H2,1-4H3. The van der Waals surface area contributed by atoms with Crippen LogP contribution < -0.4 is 0 Å². The molecule has 0 bridgehead atoms. The molecule has 2 N–H and O–H groups in total. The van der Waals surface area contributed by atoms with Crippen LogP contribution in [0.5, 0.6) is 0 Å². The molecular weight excluding hydrogens is 236 g/mol. The molecule has 0 radical (unpaired) electrons. The lowest BCUT2D eigenvalue weighted by atomic mass is 9.87. The van der Waals surface area contributed by atoms with E-state index in [0.29, 0.717) is 0 Å². The van der Waals surface area contributed by atoms with Gasteiger partial charge in [0, 0.05) is 13.1 Å². The lowest BCUT2D eigenvalue weighted by Gasteiger charge is -2.53. The molecule has 104 valence electrons. The summed E-state index contributed by atoms with van der Waals surface area (Å²) in [5.74, 6) is -0.427. The number of β-amino-alcohol motifs (C(OH)–C–C–N with tert-alkyl or cyclic N) is 2. The number of carbonyl (C=O) groups excluding carboxylic acids is 2. The predicted octanol–water partition coefficient (Wildman–Crippen LogP) is -0.801. The fourth-order valence-electron chi connectivity index (χ4n) is 2.36. The summed E-state index contributed by atoms with van der Waals surface area (Å²) < 4.78 is 0. The third-order valence-corrected chi connectivity index (χ3v) is 3.53. The summed E-state index contributed by atoms with van der Waals surface area (Å²) >= 11 is 0. The second-order valence-electron chi connectivity index (χ2n) is 5.48. The smallest absolute Gasteiger partial charge is 0.248 e. The van der Waals surface area contributed by atoms with Gasteiger partial charge in [-0.1, -0.05) is 0 Å². The van der Waals surface area contributed by atoms with E-state index < -0.39 is 11.1 Å². The monoisotopic (exact) mass is 258 g/mol. The summed E-state index contributed by atoms with van der Waals surface area (Å²) in [7, 11) is 0. The van der Waals surface area contributed by atoms with Crippen LogP contribution in [0.3, 0.4) is 0 Å². The maximum absolute atomic E-state index is 12.4. The Labute approximate surface area is 107 Å². The Morgan fingerprint density at radius 1 is 0.833 bits per heavy atom. The molecule has 1 aliphatic heterocycles. The van der Waals surface area contributed by atoms with Crippen LogP contribution in [0, 0.1) is 0 Å². The zero-order valence-electron chi connectivity index (χ0n) is 11.4. The molecule has 0 aromatic heterocycles. The van der Waals surface area contributed by atoms with Gasteiger partial charge in [0.05, 0.1) is 13.2 Å². The molecule has 0 unspecified atom stereocenters. The first-order valence-corrected chi connectivity index (χ1v) is 6.07. The molecule has 6 nitrogen and oxygen atoms in total. The molecule has 2 amide bonds. The molecule has 1 heterocycles. The van der Waals surface area contributed by atoms with Crippen molar-refractivity contribution in [2.45, 2.75) is 38.8 Å². The van der Waals surface area contributed by atoms with Gasteiger partial charge in [-0.15, -0.1) is 0 Å². The van der Waals surface area contributed by atoms with Crippen molar-refractivity contribution >= 4 is 11.8 Å². The van der Waals surface area contributed by atoms with Gasteiger partial charge in [0.15, 0.2) is 0 Å². The van der Waals surface area contributed by atoms with Gasteiger partial charge in [0.25, 0.3) is 0 Å². The molecule has 18 heavy (non-hydrogen) atoms. The second kappa shape index (κ2) is 4.85. The highest BCUT2D eigenvalue weighted by Gasteiger charge is 2.54. The van der Waals surface area contributed by atoms with Crippen LogP contribution >= 0.6 is 0 Å². The van der Waals surface area contributed by atoms with Gasteiger partial charge in [-0.25, -0.2) is 0 Å². The summed E-state index contributed by atoms with van der Waals surface area (Å²) in [6, 6.07) is 0. The first kappa shape index (κ1) is 14.9. The van der Waals surface area contributed by atoms with Gasteiger partial charge < -0.3 is 20.0 Å². The molecule has 6 heteroatoms. The molecule has 1 aliphatic rings. The van der Waals surface area contributed by atoms with Crippen molar-refractivity contribution in [3.63, 3.8) is 0 Å². The minimum Gasteiger partial charge on any atom is -0.395 e. The number of carbonyl (C=O) groups is 2. The average molecular weight is 258 g/mol. The van der Waals surface area contributed by atoms with Gasteiger partial charge >= 0.3 is 0 Å². The van der Waals surface area contributed by atoms with Crippen LogP contribution in [0.4, 0.5) is 0 Å². The maximum atomic E-state index is 12.4. The Morgan fingerprint density at radius 3 is 1.33 bits per heavy atom. The normalized spacial score (nSPS) is 22.6. The van der Waals surface area contributed by atoms with E-state index in [-0.39, 0.29) is 38.1 Å². The van der Waals surface area contributed by atoms with Gasteiger partial charge in [0.1, 0.15) is 11.1 Å². The molecule has 0 saturated carbocycles. The lowest BCUT2D eigenvalue weighted by molar-refractivity contribution is -0.176. The Balaban J connectivity index is 3.19. The van der Waals surface area contributed by atoms with Crippen molar-refractivity contribution in [1.29, 1.82) is 0 Å². The summed E-state index contributed by atoms with van der Waals surface area (Å²) in [4.78, 5) is 27.7. The summed E-state index contributed by atoms with van der Waals surface area (Å²) in [5.41, 5.74) is -1.99. The third-order valence-electron chi connectivity index (χ3n) is 3.53. The lowest BCUT2D eigenvalue weighted by Crippen LogP contribution is -2.73. The molecule has 1 saturated heterocycles. The molecule has 0 aromatic carbocycles. The number of aliphatic hydroxyl groups excluding tert-OH is 2. The van der Waals surface area contributed by atoms with Crippen LogP contribution in [0.15, 0.2) is 0 Å². The van der Waals surface area contributed by atoms with Crippen LogP contribution in [0.2, 0.25) is 0 Å². The summed E-state index contributed by atoms with van der Waals surface area (Å²) in [6.07, 6.45) is 0. The first-order chi connectivity index (χ1) is 8.21. The van der Waals surface area contributed by atoms with Crippen molar-refractivity contribution in [2.24, 2.45) is 0 Å². The van der Waals surface area contributed by atoms with Gasteiger partial charge in [0.2, 0.25) is 11.8 Å². The largest absolute Gasteiger partial charge is 0.395 e. The van der Waals surface area contributed by atoms with E-state index in [2.05, 4.69) is 0 Å². The maximum Gasteiger partial charge on any atom is 0.248 e. The summed E-state index contributed by atoms with van der Waals surface area (Å²) in [5, 5.41) is 18.1. The second-order valence-corrected chi connectivity index (χ2v) is 5.48. The SMILES string of the molecule is CC1(C)C(=O)N(CCO)C(C)(C)C(=O)N1CCO. The quantitative estimate of drug-likeness (QED) is 0.691. The highest BCUT2D eigenvalue weighted by Crippen LogP contribution is 2.32. The minimum absolute atomic E-state index is 0.133. The van der Waals surface area contributed by atoms with E-state index in [9.17, 15) is 9.59 Å². The van der Waals surface area contributed by atoms with Crippen molar-refractivity contribution in [3.8, 4) is 0 Å². The van der Waals surface area contributed by atoms with Crippen LogP contribution in [0.1, 0.15) is 27.7 Å². The number of amides is 2. The number of hydrogen-bond acceptors (Lipinski definition) is 4. The number of hydrogen-bond donors (Lipinski definition) is 2. The van der Waals surface area contributed by atoms with E-state index in [0.717, 1.165) is 0 Å². The fraction of sp³-hybridized carbons (Fsp3) is 0.833. The highest BCUT2D eigenvalue weighted by atomic mass is 16.3. The zero-order chi connectivity index (χ0) is 14.1. The molecule has 1 rings (SSSR count). The van der Waals surface area contributed by atoms with Crippen molar-refractivity contribution in [2.75, 3.05) is 26.3 Å². The van der Waals surface area contributed by atoms with E-state index in [1.807, 2.05) is 0 Å². The van der Waals surface area contributed by atoms with Gasteiger partial charge in [-0.05, 0) is 27.7 Å². The van der Waals surface area contributed by atoms with Crippen LogP contribution in [0.25, 0.3) is 0 Å². The van der Waals surface area contributed by atoms with E-state index >= 15 is 0 Å². The number of piperazine rings is 1. The topological polar surface area (TPSA) is 81.1 Å². The average Bonchev–Trinajstić information content (AvgIpc) is 2.29. The van der Waals surface area contributed by atoms with E-state index in [1.165, 1.54) is 9.80 Å². The van der Waals surface area contributed by atoms with Crippen molar-refractivity contribution < 1.29 is 19.8 Å². The van der Waals surface area contributed by atoms with Gasteiger partial charge in [-0.2, -0.15) is 0 Å². The summed E-state index contributed by atoms with van der Waals surface area (Å²) in [6.45, 7) is 6.52. The molecular formula is C12H22N2O4. The van der Waals surface area contributed by atoms with Gasteiger partial charge in [-0.3, -0.25) is 9.59 Å². The van der Waals surface area contributed by atoms with Crippen molar-refractivity contribution in [1.82, 2.24) is 9.80 Å². The zero-order valence-corrected chi connectivity index (χ0v) is 11.4. The molecule has 0 atom stereocenters.